The number of ketones is 1. The van der Waals surface area contributed by atoms with Crippen LogP contribution in [0, 0.1) is 13.8 Å². The van der Waals surface area contributed by atoms with Gasteiger partial charge in [-0.2, -0.15) is 0 Å². The maximum absolute atomic E-state index is 12.6. The van der Waals surface area contributed by atoms with Crippen LogP contribution in [0.1, 0.15) is 28.4 Å². The fourth-order valence-electron chi connectivity index (χ4n) is 4.00. The second-order valence-corrected chi connectivity index (χ2v) is 11.4. The molecule has 32 heavy (non-hydrogen) atoms. The number of carbonyl (C=O) groups excluding carboxylic acids is 2. The smallest absolute Gasteiger partial charge is 0.234 e. The van der Waals surface area contributed by atoms with Gasteiger partial charge in [-0.1, -0.05) is 36.0 Å². The lowest BCUT2D eigenvalue weighted by Crippen LogP contribution is -2.39. The Labute approximate surface area is 192 Å². The van der Waals surface area contributed by atoms with E-state index in [9.17, 15) is 18.0 Å². The number of nitrogens with zero attached hydrogens (tertiary/aromatic N) is 2. The number of fused-ring (bicyclic) bond motifs is 1. The Morgan fingerprint density at radius 3 is 2.69 bits per heavy atom. The Kier molecular flexibility index (Phi) is 6.13. The van der Waals surface area contributed by atoms with Crippen molar-refractivity contribution in [1.82, 2.24) is 0 Å². The summed E-state index contributed by atoms with van der Waals surface area (Å²) in [5.74, 6) is -0.0839. The SMILES string of the molecule is CC(=O)c1cccc(N2C(SCC(=O)Nc3cc(C)ccc3C)=N[C@H]3CS(=O)(=O)C[C@H]32)c1. The van der Waals surface area contributed by atoms with Gasteiger partial charge in [0.25, 0.3) is 0 Å². The largest absolute Gasteiger partial charge is 0.325 e. The number of sulfone groups is 1. The Morgan fingerprint density at radius 1 is 1.16 bits per heavy atom. The Balaban J connectivity index is 1.54. The summed E-state index contributed by atoms with van der Waals surface area (Å²) in [6.45, 7) is 5.40. The van der Waals surface area contributed by atoms with Crippen LogP contribution in [0.25, 0.3) is 0 Å². The molecule has 0 aliphatic carbocycles. The van der Waals surface area contributed by atoms with Gasteiger partial charge >= 0.3 is 0 Å². The Morgan fingerprint density at radius 2 is 1.94 bits per heavy atom. The van der Waals surface area contributed by atoms with E-state index in [0.29, 0.717) is 16.4 Å². The molecule has 1 fully saturated rings. The van der Waals surface area contributed by atoms with Crippen LogP contribution in [0.15, 0.2) is 47.5 Å². The molecule has 2 aromatic carbocycles. The van der Waals surface area contributed by atoms with E-state index in [0.717, 1.165) is 16.8 Å². The number of amidine groups is 1. The van der Waals surface area contributed by atoms with Crippen molar-refractivity contribution in [3.63, 3.8) is 0 Å². The Bertz CT molecular complexity index is 1220. The van der Waals surface area contributed by atoms with Crippen LogP contribution in [0.5, 0.6) is 0 Å². The number of carbonyl (C=O) groups is 2. The first kappa shape index (κ1) is 22.5. The first-order valence-corrected chi connectivity index (χ1v) is 13.1. The molecular formula is C23H25N3O4S2. The summed E-state index contributed by atoms with van der Waals surface area (Å²) in [6, 6.07) is 12.3. The molecule has 2 aromatic rings. The number of nitrogens with one attached hydrogen (secondary N) is 1. The number of hydrogen-bond donors (Lipinski definition) is 1. The highest BCUT2D eigenvalue weighted by molar-refractivity contribution is 8.14. The lowest BCUT2D eigenvalue weighted by Gasteiger charge is -2.26. The average molecular weight is 472 g/mol. The highest BCUT2D eigenvalue weighted by Crippen LogP contribution is 2.35. The average Bonchev–Trinajstić information content (AvgIpc) is 3.20. The van der Waals surface area contributed by atoms with Crippen LogP contribution in [0.2, 0.25) is 0 Å². The molecule has 2 heterocycles. The predicted octanol–water partition coefficient (Wildman–Crippen LogP) is 3.22. The summed E-state index contributed by atoms with van der Waals surface area (Å²) < 4.78 is 24.4. The van der Waals surface area contributed by atoms with Gasteiger partial charge in [0, 0.05) is 16.9 Å². The van der Waals surface area contributed by atoms with Crippen molar-refractivity contribution in [2.24, 2.45) is 4.99 Å². The van der Waals surface area contributed by atoms with E-state index < -0.39 is 9.84 Å². The standard InChI is InChI=1S/C23H25N3O4S2/c1-14-7-8-15(2)19(9-14)24-22(28)11-31-23-25-20-12-32(29,30)13-21(20)26(23)18-6-4-5-17(10-18)16(3)27/h4-10,20-21H,11-13H2,1-3H3,(H,24,28)/t20-,21+/m0/s1. The van der Waals surface area contributed by atoms with Crippen molar-refractivity contribution in [3.8, 4) is 0 Å². The predicted molar refractivity (Wildman–Crippen MR) is 130 cm³/mol. The highest BCUT2D eigenvalue weighted by atomic mass is 32.2. The van der Waals surface area contributed by atoms with Crippen molar-refractivity contribution < 1.29 is 18.0 Å². The molecule has 4 rings (SSSR count). The third kappa shape index (κ3) is 4.73. The number of hydrogen-bond acceptors (Lipinski definition) is 7. The molecule has 0 saturated carbocycles. The maximum atomic E-state index is 12.6. The molecule has 1 saturated heterocycles. The molecule has 2 atom stereocenters. The molecule has 0 unspecified atom stereocenters. The maximum Gasteiger partial charge on any atom is 0.234 e. The highest BCUT2D eigenvalue weighted by Gasteiger charge is 2.47. The second kappa shape index (κ2) is 8.71. The number of aliphatic imine (C=N–C) groups is 1. The molecule has 0 spiro atoms. The number of rotatable bonds is 5. The number of aryl methyl sites for hydroxylation is 2. The van der Waals surface area contributed by atoms with Gasteiger partial charge < -0.3 is 10.2 Å². The summed E-state index contributed by atoms with van der Waals surface area (Å²) in [4.78, 5) is 31.0. The lowest BCUT2D eigenvalue weighted by molar-refractivity contribution is -0.113. The number of anilines is 2. The zero-order valence-corrected chi connectivity index (χ0v) is 19.8. The molecule has 2 aliphatic rings. The molecule has 2 aliphatic heterocycles. The van der Waals surface area contributed by atoms with E-state index >= 15 is 0 Å². The van der Waals surface area contributed by atoms with Crippen molar-refractivity contribution in [2.75, 3.05) is 27.5 Å². The second-order valence-electron chi connectivity index (χ2n) is 8.26. The zero-order valence-electron chi connectivity index (χ0n) is 18.2. The van der Waals surface area contributed by atoms with Gasteiger partial charge in [0.05, 0.1) is 29.3 Å². The molecule has 0 radical (unpaired) electrons. The first-order valence-electron chi connectivity index (χ1n) is 10.3. The monoisotopic (exact) mass is 471 g/mol. The molecule has 168 valence electrons. The molecule has 1 N–H and O–H groups in total. The normalized spacial score (nSPS) is 21.2. The zero-order chi connectivity index (χ0) is 23.0. The van der Waals surface area contributed by atoms with Gasteiger partial charge in [-0.15, -0.1) is 0 Å². The van der Waals surface area contributed by atoms with Crippen molar-refractivity contribution in [2.45, 2.75) is 32.9 Å². The Hall–Kier alpha value is -2.65. The fourth-order valence-corrected chi connectivity index (χ4v) is 6.76. The lowest BCUT2D eigenvalue weighted by atomic mass is 10.1. The van der Waals surface area contributed by atoms with Crippen molar-refractivity contribution in [1.29, 1.82) is 0 Å². The van der Waals surface area contributed by atoms with Gasteiger partial charge in [0.15, 0.2) is 20.8 Å². The van der Waals surface area contributed by atoms with E-state index in [1.807, 2.05) is 43.0 Å². The summed E-state index contributed by atoms with van der Waals surface area (Å²) in [5.41, 5.74) is 4.07. The van der Waals surface area contributed by atoms with Gasteiger partial charge in [0.2, 0.25) is 5.91 Å². The van der Waals surface area contributed by atoms with E-state index in [4.69, 9.17) is 0 Å². The number of Topliss-reactive ketones (excluding diaryl/α,β-unsaturated/α-hetero) is 1. The van der Waals surface area contributed by atoms with Crippen LogP contribution in [0.4, 0.5) is 11.4 Å². The van der Waals surface area contributed by atoms with Gasteiger partial charge in [0.1, 0.15) is 0 Å². The summed E-state index contributed by atoms with van der Waals surface area (Å²) in [7, 11) is -3.18. The van der Waals surface area contributed by atoms with Gasteiger partial charge in [-0.05, 0) is 50.1 Å². The summed E-state index contributed by atoms with van der Waals surface area (Å²) in [6.07, 6.45) is 0. The minimum Gasteiger partial charge on any atom is -0.325 e. The van der Waals surface area contributed by atoms with E-state index in [1.165, 1.54) is 18.7 Å². The minimum atomic E-state index is -3.18. The molecule has 7 nitrogen and oxygen atoms in total. The fraction of sp³-hybridized carbons (Fsp3) is 0.348. The number of benzene rings is 2. The molecule has 1 amide bonds. The first-order chi connectivity index (χ1) is 15.1. The third-order valence-electron chi connectivity index (χ3n) is 5.64. The number of thioether (sulfide) groups is 1. The van der Waals surface area contributed by atoms with Crippen LogP contribution in [-0.2, 0) is 14.6 Å². The molecule has 0 bridgehead atoms. The molecule has 0 aromatic heterocycles. The van der Waals surface area contributed by atoms with Gasteiger partial charge in [-0.3, -0.25) is 14.6 Å². The van der Waals surface area contributed by atoms with Crippen molar-refractivity contribution in [3.05, 3.63) is 59.2 Å². The quantitative estimate of drug-likeness (QED) is 0.673. The van der Waals surface area contributed by atoms with Crippen LogP contribution in [-0.4, -0.2) is 54.6 Å². The molecule has 9 heteroatoms. The van der Waals surface area contributed by atoms with Crippen molar-refractivity contribution >= 4 is 49.8 Å². The van der Waals surface area contributed by atoms with Crippen LogP contribution in [0.3, 0.4) is 0 Å². The summed E-state index contributed by atoms with van der Waals surface area (Å²) >= 11 is 1.28. The van der Waals surface area contributed by atoms with E-state index in [2.05, 4.69) is 10.3 Å². The summed E-state index contributed by atoms with van der Waals surface area (Å²) in [5, 5.41) is 3.55. The van der Waals surface area contributed by atoms with E-state index in [-0.39, 0.29) is 41.0 Å². The van der Waals surface area contributed by atoms with Crippen LogP contribution >= 0.6 is 11.8 Å². The third-order valence-corrected chi connectivity index (χ3v) is 8.30. The van der Waals surface area contributed by atoms with E-state index in [1.54, 1.807) is 18.2 Å². The topological polar surface area (TPSA) is 95.9 Å². The van der Waals surface area contributed by atoms with Crippen LogP contribution < -0.4 is 10.2 Å². The minimum absolute atomic E-state index is 0.000685. The molecular weight excluding hydrogens is 446 g/mol. The van der Waals surface area contributed by atoms with Gasteiger partial charge in [-0.25, -0.2) is 8.42 Å². The number of amides is 1.